The summed E-state index contributed by atoms with van der Waals surface area (Å²) < 4.78 is 49.9. The van der Waals surface area contributed by atoms with Gasteiger partial charge in [-0.1, -0.05) is 18.2 Å². The number of hydrogen-bond acceptors (Lipinski definition) is 3. The van der Waals surface area contributed by atoms with Gasteiger partial charge in [0.15, 0.2) is 0 Å². The first kappa shape index (κ1) is 19.1. The second kappa shape index (κ2) is 7.77. The molecular weight excluding hydrogens is 354 g/mol. The van der Waals surface area contributed by atoms with E-state index in [0.717, 1.165) is 6.07 Å². The fourth-order valence-electron chi connectivity index (χ4n) is 1.92. The molecule has 2 aromatic rings. The van der Waals surface area contributed by atoms with Gasteiger partial charge in [0.1, 0.15) is 5.82 Å². The maximum absolute atomic E-state index is 13.1. The Labute approximate surface area is 145 Å². The molecule has 0 bridgehead atoms. The van der Waals surface area contributed by atoms with Crippen LogP contribution >= 0.6 is 0 Å². The number of rotatable bonds is 4. The molecule has 2 N–H and O–H groups in total. The summed E-state index contributed by atoms with van der Waals surface area (Å²) in [6, 6.07) is 10.5. The number of halogens is 4. The van der Waals surface area contributed by atoms with Gasteiger partial charge in [0, 0.05) is 11.3 Å². The number of amides is 2. The van der Waals surface area contributed by atoms with Gasteiger partial charge in [-0.3, -0.25) is 9.59 Å². The largest absolute Gasteiger partial charge is 0.471 e. The molecule has 2 aromatic carbocycles. The van der Waals surface area contributed by atoms with Crippen molar-refractivity contribution in [1.29, 1.82) is 0 Å². The van der Waals surface area contributed by atoms with Crippen LogP contribution in [0, 0.1) is 5.82 Å². The van der Waals surface area contributed by atoms with Crippen molar-refractivity contribution in [2.75, 3.05) is 5.32 Å². The molecule has 0 aliphatic heterocycles. The van der Waals surface area contributed by atoms with Crippen LogP contribution in [-0.4, -0.2) is 23.7 Å². The highest BCUT2D eigenvalue weighted by atomic mass is 19.4. The molecule has 0 aliphatic carbocycles. The van der Waals surface area contributed by atoms with E-state index in [1.54, 1.807) is 5.32 Å². The fourth-order valence-corrected chi connectivity index (χ4v) is 1.92. The summed E-state index contributed by atoms with van der Waals surface area (Å²) in [6.45, 7) is 1.51. The third-order valence-corrected chi connectivity index (χ3v) is 3.21. The molecular formula is C17H13F4N3O2. The monoisotopic (exact) mass is 367 g/mol. The van der Waals surface area contributed by atoms with Crippen LogP contribution in [0.25, 0.3) is 0 Å². The number of carbonyl (C=O) groups is 2. The molecule has 9 heteroatoms. The smallest absolute Gasteiger partial charge is 0.318 e. The average molecular weight is 367 g/mol. The second-order valence-electron chi connectivity index (χ2n) is 5.18. The molecule has 0 radical (unpaired) electrons. The highest BCUT2D eigenvalue weighted by molar-refractivity contribution is 6.02. The van der Waals surface area contributed by atoms with Gasteiger partial charge >= 0.3 is 12.1 Å². The number of hydrogen-bond donors (Lipinski definition) is 2. The summed E-state index contributed by atoms with van der Waals surface area (Å²) in [6.07, 6.45) is -5.00. The molecule has 0 aromatic heterocycles. The topological polar surface area (TPSA) is 70.6 Å². The van der Waals surface area contributed by atoms with E-state index in [1.165, 1.54) is 49.4 Å². The standard InChI is InChI=1S/C17H13F4N3O2/c1-10(23-24-15(25)12-5-2-6-13(18)8-12)11-4-3-7-14(9-11)22-16(26)17(19,20)21/h2-9H,1H3,(H,22,26)(H,24,25)/b23-10-. The number of carbonyl (C=O) groups excluding carboxylic acids is 2. The van der Waals surface area contributed by atoms with Crippen molar-refractivity contribution in [3.8, 4) is 0 Å². The van der Waals surface area contributed by atoms with Gasteiger partial charge in [-0.15, -0.1) is 0 Å². The first-order chi connectivity index (χ1) is 12.2. The van der Waals surface area contributed by atoms with E-state index in [0.29, 0.717) is 5.56 Å². The van der Waals surface area contributed by atoms with Crippen LogP contribution in [0.5, 0.6) is 0 Å². The minimum Gasteiger partial charge on any atom is -0.318 e. The molecule has 0 spiro atoms. The Morgan fingerprint density at radius 2 is 1.65 bits per heavy atom. The zero-order chi connectivity index (χ0) is 19.3. The van der Waals surface area contributed by atoms with Crippen molar-refractivity contribution in [3.05, 3.63) is 65.5 Å². The number of nitrogens with zero attached hydrogens (tertiary/aromatic N) is 1. The van der Waals surface area contributed by atoms with Crippen molar-refractivity contribution < 1.29 is 27.2 Å². The number of benzene rings is 2. The summed E-state index contributed by atoms with van der Waals surface area (Å²) in [5.74, 6) is -3.32. The minimum absolute atomic E-state index is 0.0627. The fraction of sp³-hybridized carbons (Fsp3) is 0.118. The molecule has 0 unspecified atom stereocenters. The molecule has 26 heavy (non-hydrogen) atoms. The van der Waals surface area contributed by atoms with Crippen LogP contribution in [0.1, 0.15) is 22.8 Å². The van der Waals surface area contributed by atoms with Crippen LogP contribution < -0.4 is 10.7 Å². The zero-order valence-electron chi connectivity index (χ0n) is 13.4. The van der Waals surface area contributed by atoms with Crippen LogP contribution in [0.2, 0.25) is 0 Å². The second-order valence-corrected chi connectivity index (χ2v) is 5.18. The van der Waals surface area contributed by atoms with E-state index in [1.807, 2.05) is 0 Å². The van der Waals surface area contributed by atoms with Gasteiger partial charge in [0.2, 0.25) is 0 Å². The Morgan fingerprint density at radius 1 is 1.00 bits per heavy atom. The summed E-state index contributed by atoms with van der Waals surface area (Å²) in [5.41, 5.74) is 2.87. The van der Waals surface area contributed by atoms with E-state index in [-0.39, 0.29) is 17.0 Å². The van der Waals surface area contributed by atoms with E-state index in [2.05, 4.69) is 10.5 Å². The van der Waals surface area contributed by atoms with Gasteiger partial charge in [-0.25, -0.2) is 9.82 Å². The summed E-state index contributed by atoms with van der Waals surface area (Å²) in [7, 11) is 0. The molecule has 0 fully saturated rings. The van der Waals surface area contributed by atoms with Crippen molar-refractivity contribution in [1.82, 2.24) is 5.43 Å². The van der Waals surface area contributed by atoms with Crippen LogP contribution in [0.3, 0.4) is 0 Å². The molecule has 2 rings (SSSR count). The minimum atomic E-state index is -5.00. The van der Waals surface area contributed by atoms with E-state index >= 15 is 0 Å². The van der Waals surface area contributed by atoms with E-state index in [4.69, 9.17) is 0 Å². The van der Waals surface area contributed by atoms with Crippen LogP contribution in [0.15, 0.2) is 53.6 Å². The van der Waals surface area contributed by atoms with Crippen LogP contribution in [-0.2, 0) is 4.79 Å². The maximum Gasteiger partial charge on any atom is 0.471 e. The predicted molar refractivity (Wildman–Crippen MR) is 87.2 cm³/mol. The van der Waals surface area contributed by atoms with E-state index in [9.17, 15) is 27.2 Å². The number of alkyl halides is 3. The van der Waals surface area contributed by atoms with Crippen molar-refractivity contribution in [2.45, 2.75) is 13.1 Å². The molecule has 136 valence electrons. The number of anilines is 1. The third kappa shape index (κ3) is 5.13. The lowest BCUT2D eigenvalue weighted by Crippen LogP contribution is -2.29. The molecule has 0 saturated heterocycles. The summed E-state index contributed by atoms with van der Waals surface area (Å²) in [4.78, 5) is 22.8. The average Bonchev–Trinajstić information content (AvgIpc) is 2.58. The molecule has 0 aliphatic rings. The van der Waals surface area contributed by atoms with Crippen molar-refractivity contribution >= 4 is 23.2 Å². The summed E-state index contributed by atoms with van der Waals surface area (Å²) >= 11 is 0. The normalized spacial score (nSPS) is 11.8. The Bertz CT molecular complexity index is 863. The first-order valence-corrected chi connectivity index (χ1v) is 7.25. The Kier molecular flexibility index (Phi) is 5.71. The third-order valence-electron chi connectivity index (χ3n) is 3.21. The quantitative estimate of drug-likeness (QED) is 0.493. The van der Waals surface area contributed by atoms with Gasteiger partial charge in [0.25, 0.3) is 5.91 Å². The lowest BCUT2D eigenvalue weighted by molar-refractivity contribution is -0.167. The van der Waals surface area contributed by atoms with Crippen molar-refractivity contribution in [3.63, 3.8) is 0 Å². The highest BCUT2D eigenvalue weighted by Crippen LogP contribution is 2.19. The molecule has 0 atom stereocenters. The highest BCUT2D eigenvalue weighted by Gasteiger charge is 2.38. The SMILES string of the molecule is C/C(=N/NC(=O)c1cccc(F)c1)c1cccc(NC(=O)C(F)(F)F)c1. The van der Waals surface area contributed by atoms with E-state index < -0.39 is 23.8 Å². The molecule has 0 saturated carbocycles. The van der Waals surface area contributed by atoms with Crippen molar-refractivity contribution in [2.24, 2.45) is 5.10 Å². The van der Waals surface area contributed by atoms with Gasteiger partial charge in [-0.2, -0.15) is 18.3 Å². The van der Waals surface area contributed by atoms with Gasteiger partial charge < -0.3 is 5.32 Å². The predicted octanol–water partition coefficient (Wildman–Crippen LogP) is 3.48. The molecule has 2 amide bonds. The molecule has 0 heterocycles. The number of nitrogens with one attached hydrogen (secondary N) is 2. The van der Waals surface area contributed by atoms with Gasteiger partial charge in [0.05, 0.1) is 5.71 Å². The Hall–Kier alpha value is -3.23. The lowest BCUT2D eigenvalue weighted by Gasteiger charge is -2.09. The zero-order valence-corrected chi connectivity index (χ0v) is 13.4. The summed E-state index contributed by atoms with van der Waals surface area (Å²) in [5, 5.41) is 5.56. The number of hydrazone groups is 1. The molecule has 5 nitrogen and oxygen atoms in total. The lowest BCUT2D eigenvalue weighted by atomic mass is 10.1. The Balaban J connectivity index is 2.10. The Morgan fingerprint density at radius 3 is 2.31 bits per heavy atom. The first-order valence-electron chi connectivity index (χ1n) is 7.25. The maximum atomic E-state index is 13.1. The van der Waals surface area contributed by atoms with Crippen LogP contribution in [0.4, 0.5) is 23.2 Å². The van der Waals surface area contributed by atoms with Gasteiger partial charge in [-0.05, 0) is 42.8 Å².